The number of thioether (sulfide) groups is 1. The van der Waals surface area contributed by atoms with Crippen LogP contribution in [-0.4, -0.2) is 50.8 Å². The van der Waals surface area contributed by atoms with E-state index in [9.17, 15) is 0 Å². The molecule has 0 spiro atoms. The number of aliphatic imine (C=N–C) groups is 1. The van der Waals surface area contributed by atoms with E-state index in [1.165, 1.54) is 37.9 Å². The van der Waals surface area contributed by atoms with Crippen molar-refractivity contribution in [3.63, 3.8) is 0 Å². The van der Waals surface area contributed by atoms with Gasteiger partial charge in [0.05, 0.1) is 6.10 Å². The van der Waals surface area contributed by atoms with Crippen molar-refractivity contribution in [2.75, 3.05) is 38.8 Å². The smallest absolute Gasteiger partial charge is 0.190 e. The second kappa shape index (κ2) is 12.2. The molecular weight excluding hydrogens is 282 g/mol. The molecule has 5 heteroatoms. The van der Waals surface area contributed by atoms with Gasteiger partial charge in [0.15, 0.2) is 5.96 Å². The second-order valence-corrected chi connectivity index (χ2v) is 6.58. The lowest BCUT2D eigenvalue weighted by Crippen LogP contribution is -2.40. The molecule has 1 aliphatic rings. The van der Waals surface area contributed by atoms with Gasteiger partial charge in [-0.2, -0.15) is 11.8 Å². The fourth-order valence-corrected chi connectivity index (χ4v) is 3.41. The first kappa shape index (κ1) is 18.6. The van der Waals surface area contributed by atoms with Crippen molar-refractivity contribution in [1.29, 1.82) is 0 Å². The lowest BCUT2D eigenvalue weighted by Gasteiger charge is -2.24. The van der Waals surface area contributed by atoms with Gasteiger partial charge < -0.3 is 15.4 Å². The lowest BCUT2D eigenvalue weighted by atomic mass is 9.98. The lowest BCUT2D eigenvalue weighted by molar-refractivity contribution is 0.0169. The average Bonchev–Trinajstić information content (AvgIpc) is 3.03. The summed E-state index contributed by atoms with van der Waals surface area (Å²) in [6, 6.07) is 0. The standard InChI is InChI=1S/C16H33N3OS/c1-4-20-15(14-8-5-6-9-14)10-12-19-16(17-2)18-11-7-13-21-3/h14-15H,4-13H2,1-3H3,(H2,17,18,19). The van der Waals surface area contributed by atoms with E-state index in [0.29, 0.717) is 6.10 Å². The average molecular weight is 316 g/mol. The Hall–Kier alpha value is -0.420. The molecule has 1 saturated carbocycles. The second-order valence-electron chi connectivity index (χ2n) is 5.60. The molecule has 0 aromatic rings. The van der Waals surface area contributed by atoms with Gasteiger partial charge in [0.1, 0.15) is 0 Å². The number of guanidine groups is 1. The monoisotopic (exact) mass is 315 g/mol. The summed E-state index contributed by atoms with van der Waals surface area (Å²) in [5, 5.41) is 6.78. The molecule has 0 radical (unpaired) electrons. The van der Waals surface area contributed by atoms with Crippen LogP contribution in [0.5, 0.6) is 0 Å². The molecule has 1 unspecified atom stereocenters. The SMILES string of the molecule is CCOC(CCNC(=NC)NCCCSC)C1CCCC1. The van der Waals surface area contributed by atoms with Gasteiger partial charge in [-0.05, 0) is 50.5 Å². The summed E-state index contributed by atoms with van der Waals surface area (Å²) in [6.45, 7) is 4.84. The summed E-state index contributed by atoms with van der Waals surface area (Å²) in [5.74, 6) is 2.87. The molecule has 4 nitrogen and oxygen atoms in total. The quantitative estimate of drug-likeness (QED) is 0.370. The molecule has 1 aliphatic carbocycles. The zero-order valence-corrected chi connectivity index (χ0v) is 14.8. The summed E-state index contributed by atoms with van der Waals surface area (Å²) < 4.78 is 5.95. The first-order chi connectivity index (χ1) is 10.3. The van der Waals surface area contributed by atoms with Gasteiger partial charge in [0.25, 0.3) is 0 Å². The zero-order valence-electron chi connectivity index (χ0n) is 14.0. The van der Waals surface area contributed by atoms with E-state index in [1.54, 1.807) is 0 Å². The Morgan fingerprint density at radius 1 is 1.29 bits per heavy atom. The van der Waals surface area contributed by atoms with Gasteiger partial charge >= 0.3 is 0 Å². The summed E-state index contributed by atoms with van der Waals surface area (Å²) >= 11 is 1.89. The van der Waals surface area contributed by atoms with Crippen LogP contribution in [0.1, 0.15) is 45.4 Å². The predicted molar refractivity (Wildman–Crippen MR) is 94.4 cm³/mol. The third-order valence-electron chi connectivity index (χ3n) is 4.07. The van der Waals surface area contributed by atoms with E-state index in [0.717, 1.165) is 38.0 Å². The number of hydrogen-bond donors (Lipinski definition) is 2. The maximum atomic E-state index is 5.95. The van der Waals surface area contributed by atoms with Crippen LogP contribution in [0, 0.1) is 5.92 Å². The number of hydrogen-bond acceptors (Lipinski definition) is 3. The Bertz CT molecular complexity index is 281. The normalized spacial score (nSPS) is 18.0. The van der Waals surface area contributed by atoms with Crippen molar-refractivity contribution in [3.8, 4) is 0 Å². The first-order valence-corrected chi connectivity index (χ1v) is 9.76. The Morgan fingerprint density at radius 3 is 2.62 bits per heavy atom. The van der Waals surface area contributed by atoms with Crippen LogP contribution in [0.25, 0.3) is 0 Å². The van der Waals surface area contributed by atoms with E-state index >= 15 is 0 Å². The fraction of sp³-hybridized carbons (Fsp3) is 0.938. The minimum absolute atomic E-state index is 0.416. The molecule has 0 aliphatic heterocycles. The molecule has 0 heterocycles. The highest BCUT2D eigenvalue weighted by molar-refractivity contribution is 7.98. The Labute approximate surface area is 134 Å². The van der Waals surface area contributed by atoms with Gasteiger partial charge in [-0.3, -0.25) is 4.99 Å². The molecule has 1 rings (SSSR count). The fourth-order valence-electron chi connectivity index (χ4n) is 2.98. The Balaban J connectivity index is 2.21. The van der Waals surface area contributed by atoms with Gasteiger partial charge in [-0.1, -0.05) is 12.8 Å². The van der Waals surface area contributed by atoms with Gasteiger partial charge in [-0.25, -0.2) is 0 Å². The molecule has 1 fully saturated rings. The molecular formula is C16H33N3OS. The maximum Gasteiger partial charge on any atom is 0.190 e. The first-order valence-electron chi connectivity index (χ1n) is 8.36. The van der Waals surface area contributed by atoms with Crippen molar-refractivity contribution >= 4 is 17.7 Å². The Morgan fingerprint density at radius 2 is 2.00 bits per heavy atom. The highest BCUT2D eigenvalue weighted by atomic mass is 32.2. The summed E-state index contributed by atoms with van der Waals surface area (Å²) in [5.41, 5.74) is 0. The molecule has 1 atom stereocenters. The van der Waals surface area contributed by atoms with E-state index < -0.39 is 0 Å². The van der Waals surface area contributed by atoms with Crippen LogP contribution in [0.15, 0.2) is 4.99 Å². The minimum Gasteiger partial charge on any atom is -0.378 e. The largest absolute Gasteiger partial charge is 0.378 e. The molecule has 124 valence electrons. The Kier molecular flexibility index (Phi) is 10.8. The van der Waals surface area contributed by atoms with E-state index in [4.69, 9.17) is 4.74 Å². The number of rotatable bonds is 10. The van der Waals surface area contributed by atoms with Gasteiger partial charge in [0.2, 0.25) is 0 Å². The molecule has 0 bridgehead atoms. The van der Waals surface area contributed by atoms with E-state index in [1.807, 2.05) is 18.8 Å². The molecule has 0 aromatic carbocycles. The van der Waals surface area contributed by atoms with Crippen LogP contribution in [0.2, 0.25) is 0 Å². The van der Waals surface area contributed by atoms with Gasteiger partial charge in [0, 0.05) is 26.7 Å². The highest BCUT2D eigenvalue weighted by Gasteiger charge is 2.24. The molecule has 0 aromatic heterocycles. The van der Waals surface area contributed by atoms with Gasteiger partial charge in [-0.15, -0.1) is 0 Å². The number of nitrogens with zero attached hydrogens (tertiary/aromatic N) is 1. The van der Waals surface area contributed by atoms with Crippen molar-refractivity contribution in [3.05, 3.63) is 0 Å². The third kappa shape index (κ3) is 7.96. The van der Waals surface area contributed by atoms with Crippen LogP contribution in [0.4, 0.5) is 0 Å². The highest BCUT2D eigenvalue weighted by Crippen LogP contribution is 2.30. The van der Waals surface area contributed by atoms with Crippen LogP contribution < -0.4 is 10.6 Å². The molecule has 0 saturated heterocycles. The predicted octanol–water partition coefficient (Wildman–Crippen LogP) is 2.89. The topological polar surface area (TPSA) is 45.6 Å². The molecule has 21 heavy (non-hydrogen) atoms. The van der Waals surface area contributed by atoms with Crippen LogP contribution >= 0.6 is 11.8 Å². The van der Waals surface area contributed by atoms with Crippen molar-refractivity contribution in [2.24, 2.45) is 10.9 Å². The number of nitrogens with one attached hydrogen (secondary N) is 2. The van der Waals surface area contributed by atoms with E-state index in [-0.39, 0.29) is 0 Å². The summed E-state index contributed by atoms with van der Waals surface area (Å²) in [4.78, 5) is 4.27. The molecule has 0 amide bonds. The summed E-state index contributed by atoms with van der Waals surface area (Å²) in [7, 11) is 1.83. The minimum atomic E-state index is 0.416. The summed E-state index contributed by atoms with van der Waals surface area (Å²) in [6.07, 6.45) is 10.2. The van der Waals surface area contributed by atoms with Crippen molar-refractivity contribution < 1.29 is 4.74 Å². The van der Waals surface area contributed by atoms with Crippen molar-refractivity contribution in [1.82, 2.24) is 10.6 Å². The van der Waals surface area contributed by atoms with Crippen molar-refractivity contribution in [2.45, 2.75) is 51.6 Å². The number of ether oxygens (including phenoxy) is 1. The van der Waals surface area contributed by atoms with Crippen LogP contribution in [0.3, 0.4) is 0 Å². The molecule has 2 N–H and O–H groups in total. The van der Waals surface area contributed by atoms with Crippen LogP contribution in [-0.2, 0) is 4.74 Å². The third-order valence-corrected chi connectivity index (χ3v) is 4.77. The zero-order chi connectivity index (χ0) is 15.3. The van der Waals surface area contributed by atoms with E-state index in [2.05, 4.69) is 28.8 Å². The maximum absolute atomic E-state index is 5.95.